The number of hydrogen-bond acceptors (Lipinski definition) is 5. The topological polar surface area (TPSA) is 56.7 Å². The average molecular weight is 468 g/mol. The summed E-state index contributed by atoms with van der Waals surface area (Å²) < 4.78 is 6.55. The number of benzene rings is 2. The second-order valence-electron chi connectivity index (χ2n) is 8.20. The molecule has 0 aliphatic rings. The van der Waals surface area contributed by atoms with Gasteiger partial charge >= 0.3 is 0 Å². The van der Waals surface area contributed by atoms with Crippen LogP contribution in [0.15, 0.2) is 97.6 Å². The van der Waals surface area contributed by atoms with Crippen LogP contribution in [0.3, 0.4) is 0 Å². The molecular formula is C26H25N7S. The van der Waals surface area contributed by atoms with Crippen molar-refractivity contribution < 1.29 is 0 Å². The molecule has 0 bridgehead atoms. The van der Waals surface area contributed by atoms with Crippen LogP contribution in [0.25, 0.3) is 17.1 Å². The molecule has 0 atom stereocenters. The summed E-state index contributed by atoms with van der Waals surface area (Å²) in [7, 11) is 2.06. The Balaban J connectivity index is 1.38. The van der Waals surface area contributed by atoms with Crippen LogP contribution in [-0.4, -0.2) is 41.1 Å². The van der Waals surface area contributed by atoms with E-state index in [9.17, 15) is 0 Å². The summed E-state index contributed by atoms with van der Waals surface area (Å²) in [6.45, 7) is 1.95. The van der Waals surface area contributed by atoms with E-state index in [1.807, 2.05) is 76.2 Å². The number of pyridine rings is 1. The summed E-state index contributed by atoms with van der Waals surface area (Å²) in [5.74, 6) is 0.835. The summed E-state index contributed by atoms with van der Waals surface area (Å²) in [6, 6.07) is 24.3. The minimum atomic E-state index is 0.565. The fourth-order valence-electron chi connectivity index (χ4n) is 3.91. The molecule has 2 aromatic carbocycles. The van der Waals surface area contributed by atoms with Gasteiger partial charge in [0, 0.05) is 36.3 Å². The maximum Gasteiger partial charge on any atom is 0.199 e. The van der Waals surface area contributed by atoms with Crippen LogP contribution < -0.4 is 0 Å². The predicted molar refractivity (Wildman–Crippen MR) is 135 cm³/mol. The van der Waals surface area contributed by atoms with E-state index in [-0.39, 0.29) is 0 Å². The summed E-state index contributed by atoms with van der Waals surface area (Å²) in [6.07, 6.45) is 7.52. The lowest BCUT2D eigenvalue weighted by Crippen LogP contribution is -2.22. The normalized spacial score (nSPS) is 11.2. The maximum atomic E-state index is 5.87. The Morgan fingerprint density at radius 2 is 1.59 bits per heavy atom. The number of aromatic nitrogens is 6. The quantitative estimate of drug-likeness (QED) is 0.307. The van der Waals surface area contributed by atoms with Gasteiger partial charge in [-0.2, -0.15) is 10.2 Å². The fraction of sp³-hybridized carbons (Fsp3) is 0.154. The molecule has 34 heavy (non-hydrogen) atoms. The van der Waals surface area contributed by atoms with Crippen molar-refractivity contribution in [3.05, 3.63) is 113 Å². The monoisotopic (exact) mass is 467 g/mol. The minimum absolute atomic E-state index is 0.565. The van der Waals surface area contributed by atoms with Gasteiger partial charge in [0.1, 0.15) is 0 Å². The van der Waals surface area contributed by atoms with E-state index in [0.29, 0.717) is 18.0 Å². The van der Waals surface area contributed by atoms with Crippen molar-refractivity contribution >= 4 is 12.2 Å². The Bertz CT molecular complexity index is 1410. The highest BCUT2D eigenvalue weighted by Gasteiger charge is 2.15. The molecule has 170 valence electrons. The second kappa shape index (κ2) is 9.94. The molecule has 0 amide bonds. The van der Waals surface area contributed by atoms with Crippen molar-refractivity contribution in [1.29, 1.82) is 0 Å². The van der Waals surface area contributed by atoms with E-state index < -0.39 is 0 Å². The number of rotatable bonds is 8. The minimum Gasteiger partial charge on any atom is -0.295 e. The van der Waals surface area contributed by atoms with E-state index in [2.05, 4.69) is 44.9 Å². The van der Waals surface area contributed by atoms with Crippen LogP contribution in [0, 0.1) is 4.77 Å². The Labute approximate surface area is 203 Å². The van der Waals surface area contributed by atoms with Gasteiger partial charge in [0.15, 0.2) is 10.6 Å². The molecule has 7 nitrogen and oxygen atoms in total. The third kappa shape index (κ3) is 4.88. The van der Waals surface area contributed by atoms with E-state index >= 15 is 0 Å². The lowest BCUT2D eigenvalue weighted by Gasteiger charge is -2.15. The van der Waals surface area contributed by atoms with Gasteiger partial charge in [-0.15, -0.1) is 0 Å². The molecule has 0 unspecified atom stereocenters. The van der Waals surface area contributed by atoms with Crippen LogP contribution >= 0.6 is 12.2 Å². The Morgan fingerprint density at radius 3 is 2.32 bits per heavy atom. The van der Waals surface area contributed by atoms with Crippen molar-refractivity contribution in [3.63, 3.8) is 0 Å². The van der Waals surface area contributed by atoms with Gasteiger partial charge in [0.2, 0.25) is 0 Å². The van der Waals surface area contributed by atoms with Crippen LogP contribution in [0.4, 0.5) is 0 Å². The number of nitrogens with zero attached hydrogens (tertiary/aromatic N) is 7. The van der Waals surface area contributed by atoms with Crippen LogP contribution in [0.1, 0.15) is 11.1 Å². The van der Waals surface area contributed by atoms with Crippen LogP contribution in [0.2, 0.25) is 0 Å². The van der Waals surface area contributed by atoms with Gasteiger partial charge < -0.3 is 0 Å². The first-order valence-electron chi connectivity index (χ1n) is 11.1. The first kappa shape index (κ1) is 21.9. The van der Waals surface area contributed by atoms with Crippen LogP contribution in [0.5, 0.6) is 0 Å². The maximum absolute atomic E-state index is 5.87. The van der Waals surface area contributed by atoms with Crippen molar-refractivity contribution in [2.75, 3.05) is 7.05 Å². The Hall–Kier alpha value is -3.88. The highest BCUT2D eigenvalue weighted by molar-refractivity contribution is 7.71. The summed E-state index contributed by atoms with van der Waals surface area (Å²) in [4.78, 5) is 6.33. The zero-order valence-electron chi connectivity index (χ0n) is 18.9. The molecule has 0 spiro atoms. The fourth-order valence-corrected chi connectivity index (χ4v) is 4.16. The van der Waals surface area contributed by atoms with Gasteiger partial charge in [-0.05, 0) is 49.1 Å². The molecule has 0 fully saturated rings. The molecule has 8 heteroatoms. The Morgan fingerprint density at radius 1 is 0.882 bits per heavy atom. The summed E-state index contributed by atoms with van der Waals surface area (Å²) >= 11 is 5.87. The Kier molecular flexibility index (Phi) is 6.42. The van der Waals surface area contributed by atoms with Gasteiger partial charge in [0.25, 0.3) is 0 Å². The molecule has 5 rings (SSSR count). The molecule has 0 radical (unpaired) electrons. The van der Waals surface area contributed by atoms with E-state index in [0.717, 1.165) is 29.2 Å². The first-order valence-corrected chi connectivity index (χ1v) is 11.5. The summed E-state index contributed by atoms with van der Waals surface area (Å²) in [5.41, 5.74) is 4.33. The van der Waals surface area contributed by atoms with E-state index in [1.54, 1.807) is 12.4 Å². The van der Waals surface area contributed by atoms with Crippen molar-refractivity contribution in [3.8, 4) is 17.1 Å². The zero-order valence-corrected chi connectivity index (χ0v) is 19.7. The average Bonchev–Trinajstić information content (AvgIpc) is 3.46. The highest BCUT2D eigenvalue weighted by Crippen LogP contribution is 2.20. The predicted octanol–water partition coefficient (Wildman–Crippen LogP) is 4.80. The summed E-state index contributed by atoms with van der Waals surface area (Å²) in [5, 5.41) is 9.40. The molecule has 0 saturated carbocycles. The second-order valence-corrected chi connectivity index (χ2v) is 8.56. The van der Waals surface area contributed by atoms with E-state index in [4.69, 9.17) is 17.3 Å². The molecule has 0 saturated heterocycles. The van der Waals surface area contributed by atoms with Crippen molar-refractivity contribution in [2.45, 2.75) is 19.8 Å². The highest BCUT2D eigenvalue weighted by atomic mass is 32.1. The standard InChI is InChI=1S/C26H25N7S/c1-30(17-22-16-28-32(19-22)24-10-6-3-7-11-24)20-33-26(34)31(18-21-8-4-2-5-9-21)25(29-33)23-12-14-27-15-13-23/h2-16,19H,17-18,20H2,1H3. The molecule has 0 N–H and O–H groups in total. The molecule has 3 heterocycles. The van der Waals surface area contributed by atoms with Gasteiger partial charge in [0.05, 0.1) is 25.1 Å². The van der Waals surface area contributed by atoms with Crippen molar-refractivity contribution in [1.82, 2.24) is 34.0 Å². The largest absolute Gasteiger partial charge is 0.295 e. The smallest absolute Gasteiger partial charge is 0.199 e. The molecule has 3 aromatic heterocycles. The number of para-hydroxylation sites is 1. The molecule has 0 aliphatic carbocycles. The first-order chi connectivity index (χ1) is 16.7. The van der Waals surface area contributed by atoms with Gasteiger partial charge in [-0.1, -0.05) is 48.5 Å². The lowest BCUT2D eigenvalue weighted by atomic mass is 10.2. The third-order valence-electron chi connectivity index (χ3n) is 5.53. The van der Waals surface area contributed by atoms with Gasteiger partial charge in [-0.25, -0.2) is 9.36 Å². The zero-order chi connectivity index (χ0) is 23.3. The SMILES string of the molecule is CN(Cc1cnn(-c2ccccc2)c1)Cn1nc(-c2ccncc2)n(Cc2ccccc2)c1=S. The molecule has 0 aliphatic heterocycles. The number of hydrogen-bond donors (Lipinski definition) is 0. The molecule has 5 aromatic rings. The van der Waals surface area contributed by atoms with E-state index in [1.165, 1.54) is 5.56 Å². The van der Waals surface area contributed by atoms with Crippen molar-refractivity contribution in [2.24, 2.45) is 0 Å². The molecular weight excluding hydrogens is 442 g/mol. The third-order valence-corrected chi connectivity index (χ3v) is 5.96. The van der Waals surface area contributed by atoms with Crippen LogP contribution in [-0.2, 0) is 19.8 Å². The lowest BCUT2D eigenvalue weighted by molar-refractivity contribution is 0.244. The van der Waals surface area contributed by atoms with Gasteiger partial charge in [-0.3, -0.25) is 14.5 Å².